The molecule has 1 aromatic rings. The zero-order chi connectivity index (χ0) is 20.2. The van der Waals surface area contributed by atoms with Crippen LogP contribution in [0, 0.1) is 5.41 Å². The molecular formula is C22H36IN3O3. The smallest absolute Gasteiger partial charge is 0.337 e. The number of methoxy groups -OCH3 is 2. The first-order chi connectivity index (χ1) is 13.6. The topological polar surface area (TPSA) is 72.0 Å². The van der Waals surface area contributed by atoms with Gasteiger partial charge in [-0.1, -0.05) is 25.0 Å². The van der Waals surface area contributed by atoms with E-state index in [-0.39, 0.29) is 29.9 Å². The quantitative estimate of drug-likeness (QED) is 0.214. The summed E-state index contributed by atoms with van der Waals surface area (Å²) in [6, 6.07) is 7.55. The Morgan fingerprint density at radius 1 is 1.14 bits per heavy atom. The maximum atomic E-state index is 11.5. The summed E-state index contributed by atoms with van der Waals surface area (Å²) in [5, 5.41) is 6.78. The van der Waals surface area contributed by atoms with Gasteiger partial charge >= 0.3 is 5.97 Å². The van der Waals surface area contributed by atoms with E-state index in [1.54, 1.807) is 19.2 Å². The molecule has 0 spiro atoms. The van der Waals surface area contributed by atoms with E-state index in [9.17, 15) is 4.79 Å². The molecule has 0 amide bonds. The zero-order valence-corrected chi connectivity index (χ0v) is 20.3. The standard InChI is InChI=1S/C22H35N3O3.HI/c1-4-23-21(25-17-22(14-16-27-2)12-5-6-13-22)24-15-11-18-7-9-19(10-8-18)20(26)28-3;/h7-10H,4-6,11-17H2,1-3H3,(H2,23,24,25);1H. The summed E-state index contributed by atoms with van der Waals surface area (Å²) in [5.74, 6) is 0.568. The molecule has 0 radical (unpaired) electrons. The third-order valence-corrected chi connectivity index (χ3v) is 5.50. The first-order valence-corrected chi connectivity index (χ1v) is 10.3. The Bertz CT molecular complexity index is 629. The predicted octanol–water partition coefficient (Wildman–Crippen LogP) is 3.79. The number of nitrogens with zero attached hydrogens (tertiary/aromatic N) is 1. The number of benzene rings is 1. The van der Waals surface area contributed by atoms with E-state index in [1.165, 1.54) is 38.4 Å². The van der Waals surface area contributed by atoms with Gasteiger partial charge in [-0.05, 0) is 55.7 Å². The van der Waals surface area contributed by atoms with E-state index in [0.29, 0.717) is 11.0 Å². The monoisotopic (exact) mass is 517 g/mol. The van der Waals surface area contributed by atoms with Crippen LogP contribution >= 0.6 is 24.0 Å². The third kappa shape index (κ3) is 8.50. The molecule has 0 aliphatic heterocycles. The molecule has 0 bridgehead atoms. The van der Waals surface area contributed by atoms with Gasteiger partial charge in [-0.25, -0.2) is 4.79 Å². The van der Waals surface area contributed by atoms with E-state index in [2.05, 4.69) is 17.6 Å². The molecule has 1 saturated carbocycles. The first kappa shape index (κ1) is 25.7. The molecule has 164 valence electrons. The van der Waals surface area contributed by atoms with Crippen LogP contribution in [0.5, 0.6) is 0 Å². The molecule has 1 aromatic carbocycles. The molecule has 1 aliphatic rings. The van der Waals surface area contributed by atoms with Crippen molar-refractivity contribution in [2.45, 2.75) is 45.4 Å². The Hall–Kier alpha value is -1.35. The molecule has 0 atom stereocenters. The van der Waals surface area contributed by atoms with Crippen molar-refractivity contribution in [3.05, 3.63) is 35.4 Å². The number of aliphatic imine (C=N–C) groups is 1. The van der Waals surface area contributed by atoms with Crippen molar-refractivity contribution in [3.8, 4) is 0 Å². The lowest BCUT2D eigenvalue weighted by Crippen LogP contribution is -2.39. The van der Waals surface area contributed by atoms with Crippen molar-refractivity contribution < 1.29 is 14.3 Å². The molecule has 0 aromatic heterocycles. The van der Waals surface area contributed by atoms with Crippen LogP contribution in [0.15, 0.2) is 29.3 Å². The molecule has 2 rings (SSSR count). The van der Waals surface area contributed by atoms with Crippen LogP contribution in [-0.4, -0.2) is 52.4 Å². The lowest BCUT2D eigenvalue weighted by atomic mass is 9.83. The number of guanidine groups is 1. The van der Waals surface area contributed by atoms with Crippen LogP contribution < -0.4 is 10.6 Å². The highest BCUT2D eigenvalue weighted by Crippen LogP contribution is 2.41. The second kappa shape index (κ2) is 13.8. The summed E-state index contributed by atoms with van der Waals surface area (Å²) in [6.45, 7) is 5.36. The normalized spacial score (nSPS) is 15.5. The van der Waals surface area contributed by atoms with Gasteiger partial charge in [-0.15, -0.1) is 24.0 Å². The number of esters is 1. The molecule has 6 nitrogen and oxygen atoms in total. The SMILES string of the molecule is CCNC(=NCC1(CCOC)CCCC1)NCCc1ccc(C(=O)OC)cc1.I. The van der Waals surface area contributed by atoms with Gasteiger partial charge in [0.05, 0.1) is 12.7 Å². The molecule has 7 heteroatoms. The number of hydrogen-bond donors (Lipinski definition) is 2. The summed E-state index contributed by atoms with van der Waals surface area (Å²) in [4.78, 5) is 16.4. The van der Waals surface area contributed by atoms with Crippen molar-refractivity contribution in [1.82, 2.24) is 10.6 Å². The molecule has 0 unspecified atom stereocenters. The Kier molecular flexibility index (Phi) is 12.2. The highest BCUT2D eigenvalue weighted by atomic mass is 127. The van der Waals surface area contributed by atoms with E-state index in [4.69, 9.17) is 14.5 Å². The van der Waals surface area contributed by atoms with Crippen molar-refractivity contribution >= 4 is 35.9 Å². The second-order valence-corrected chi connectivity index (χ2v) is 7.51. The fraction of sp³-hybridized carbons (Fsp3) is 0.636. The average molecular weight is 517 g/mol. The second-order valence-electron chi connectivity index (χ2n) is 7.51. The summed E-state index contributed by atoms with van der Waals surface area (Å²) >= 11 is 0. The molecule has 1 aliphatic carbocycles. The first-order valence-electron chi connectivity index (χ1n) is 10.3. The molecule has 29 heavy (non-hydrogen) atoms. The Morgan fingerprint density at radius 2 is 1.83 bits per heavy atom. The number of halogens is 1. The zero-order valence-electron chi connectivity index (χ0n) is 18.0. The number of ether oxygens (including phenoxy) is 2. The molecular weight excluding hydrogens is 481 g/mol. The number of hydrogen-bond acceptors (Lipinski definition) is 4. The van der Waals surface area contributed by atoms with Crippen molar-refractivity contribution in [2.75, 3.05) is 40.5 Å². The van der Waals surface area contributed by atoms with Gasteiger partial charge in [-0.3, -0.25) is 4.99 Å². The maximum Gasteiger partial charge on any atom is 0.337 e. The minimum absolute atomic E-state index is 0. The molecule has 1 fully saturated rings. The summed E-state index contributed by atoms with van der Waals surface area (Å²) in [7, 11) is 3.17. The maximum absolute atomic E-state index is 11.5. The summed E-state index contributed by atoms with van der Waals surface area (Å²) < 4.78 is 10.1. The minimum Gasteiger partial charge on any atom is -0.465 e. The lowest BCUT2D eigenvalue weighted by molar-refractivity contribution is 0.0600. The van der Waals surface area contributed by atoms with Gasteiger partial charge in [0.2, 0.25) is 0 Å². The third-order valence-electron chi connectivity index (χ3n) is 5.50. The largest absolute Gasteiger partial charge is 0.465 e. The Labute approximate surface area is 192 Å². The number of nitrogens with one attached hydrogen (secondary N) is 2. The van der Waals surface area contributed by atoms with Crippen LogP contribution in [0.25, 0.3) is 0 Å². The van der Waals surface area contributed by atoms with Crippen LogP contribution in [0.4, 0.5) is 0 Å². The molecule has 2 N–H and O–H groups in total. The van der Waals surface area contributed by atoms with Gasteiger partial charge in [-0.2, -0.15) is 0 Å². The van der Waals surface area contributed by atoms with Crippen LogP contribution in [0.3, 0.4) is 0 Å². The summed E-state index contributed by atoms with van der Waals surface area (Å²) in [5.41, 5.74) is 2.04. The van der Waals surface area contributed by atoms with Gasteiger partial charge in [0.25, 0.3) is 0 Å². The van der Waals surface area contributed by atoms with Gasteiger partial charge < -0.3 is 20.1 Å². The Balaban J connectivity index is 0.00000420. The Morgan fingerprint density at radius 3 is 2.41 bits per heavy atom. The number of carbonyl (C=O) groups is 1. The van der Waals surface area contributed by atoms with E-state index < -0.39 is 0 Å². The van der Waals surface area contributed by atoms with E-state index in [0.717, 1.165) is 45.0 Å². The fourth-order valence-electron chi connectivity index (χ4n) is 3.77. The predicted molar refractivity (Wildman–Crippen MR) is 128 cm³/mol. The van der Waals surface area contributed by atoms with Crippen molar-refractivity contribution in [1.29, 1.82) is 0 Å². The fourth-order valence-corrected chi connectivity index (χ4v) is 3.77. The van der Waals surface area contributed by atoms with E-state index in [1.807, 2.05) is 12.1 Å². The molecule has 0 heterocycles. The molecule has 0 saturated heterocycles. The van der Waals surface area contributed by atoms with Crippen molar-refractivity contribution in [3.63, 3.8) is 0 Å². The van der Waals surface area contributed by atoms with Crippen LogP contribution in [0.1, 0.15) is 54.9 Å². The van der Waals surface area contributed by atoms with Gasteiger partial charge in [0, 0.05) is 33.4 Å². The number of rotatable bonds is 10. The van der Waals surface area contributed by atoms with Crippen LogP contribution in [-0.2, 0) is 15.9 Å². The van der Waals surface area contributed by atoms with Crippen LogP contribution in [0.2, 0.25) is 0 Å². The number of carbonyl (C=O) groups excluding carboxylic acids is 1. The van der Waals surface area contributed by atoms with Gasteiger partial charge in [0.1, 0.15) is 0 Å². The van der Waals surface area contributed by atoms with Gasteiger partial charge in [0.15, 0.2) is 5.96 Å². The minimum atomic E-state index is -0.305. The van der Waals surface area contributed by atoms with Crippen molar-refractivity contribution in [2.24, 2.45) is 10.4 Å². The highest BCUT2D eigenvalue weighted by molar-refractivity contribution is 14.0. The lowest BCUT2D eigenvalue weighted by Gasteiger charge is -2.27. The van der Waals surface area contributed by atoms with E-state index >= 15 is 0 Å². The summed E-state index contributed by atoms with van der Waals surface area (Å²) in [6.07, 6.45) is 7.02. The average Bonchev–Trinajstić information content (AvgIpc) is 3.19. The highest BCUT2D eigenvalue weighted by Gasteiger charge is 2.33.